The Labute approximate surface area is 123 Å². The van der Waals surface area contributed by atoms with Crippen LogP contribution in [0.5, 0.6) is 11.6 Å². The Morgan fingerprint density at radius 3 is 2.67 bits per heavy atom. The van der Waals surface area contributed by atoms with Crippen molar-refractivity contribution in [2.75, 3.05) is 6.54 Å². The van der Waals surface area contributed by atoms with Crippen molar-refractivity contribution in [3.8, 4) is 11.6 Å². The monoisotopic (exact) mass is 292 g/mol. The van der Waals surface area contributed by atoms with Gasteiger partial charge in [-0.25, -0.2) is 13.8 Å². The minimum absolute atomic E-state index is 0.216. The van der Waals surface area contributed by atoms with Gasteiger partial charge in [0.15, 0.2) is 11.6 Å². The van der Waals surface area contributed by atoms with Gasteiger partial charge in [0, 0.05) is 18.7 Å². The third-order valence-corrected chi connectivity index (χ3v) is 2.75. The second kappa shape index (κ2) is 7.13. The maximum atomic E-state index is 13.1. The molecule has 1 heterocycles. The van der Waals surface area contributed by atoms with E-state index in [-0.39, 0.29) is 5.75 Å². The molecule has 0 saturated carbocycles. The molecule has 0 aliphatic heterocycles. The molecule has 2 rings (SSSR count). The summed E-state index contributed by atoms with van der Waals surface area (Å²) < 4.78 is 31.4. The smallest absolute Gasteiger partial charge is 0.219 e. The van der Waals surface area contributed by atoms with E-state index >= 15 is 0 Å². The number of hydrogen-bond acceptors (Lipinski definition) is 3. The number of nitrogens with one attached hydrogen (secondary N) is 1. The third-order valence-electron chi connectivity index (χ3n) is 2.75. The quantitative estimate of drug-likeness (QED) is 0.877. The Kier molecular flexibility index (Phi) is 5.22. The van der Waals surface area contributed by atoms with E-state index in [1.165, 1.54) is 6.07 Å². The van der Waals surface area contributed by atoms with Crippen LogP contribution in [-0.2, 0) is 6.54 Å². The summed E-state index contributed by atoms with van der Waals surface area (Å²) in [5.74, 6) is -0.714. The molecule has 0 atom stereocenters. The summed E-state index contributed by atoms with van der Waals surface area (Å²) >= 11 is 0. The molecule has 0 radical (unpaired) electrons. The fourth-order valence-corrected chi connectivity index (χ4v) is 1.76. The van der Waals surface area contributed by atoms with Gasteiger partial charge in [0.25, 0.3) is 0 Å². The summed E-state index contributed by atoms with van der Waals surface area (Å²) in [7, 11) is 0. The minimum atomic E-state index is -0.942. The third kappa shape index (κ3) is 4.79. The molecule has 1 aromatic heterocycles. The van der Waals surface area contributed by atoms with Crippen LogP contribution in [0.2, 0.25) is 0 Å². The second-order valence-corrected chi connectivity index (χ2v) is 5.17. The summed E-state index contributed by atoms with van der Waals surface area (Å²) in [5, 5.41) is 3.28. The van der Waals surface area contributed by atoms with E-state index in [2.05, 4.69) is 24.1 Å². The normalized spacial score (nSPS) is 10.9. The zero-order valence-corrected chi connectivity index (χ0v) is 12.1. The molecule has 0 bridgehead atoms. The molecule has 21 heavy (non-hydrogen) atoms. The molecule has 0 aliphatic carbocycles. The number of ether oxygens (including phenoxy) is 1. The SMILES string of the molecule is CC(C)CNCc1cccc(Oc2ccc(F)c(F)c2)n1. The topological polar surface area (TPSA) is 34.1 Å². The first-order valence-electron chi connectivity index (χ1n) is 6.84. The Bertz CT molecular complexity index is 603. The standard InChI is InChI=1S/C16H18F2N2O/c1-11(2)9-19-10-12-4-3-5-16(20-12)21-13-6-7-14(17)15(18)8-13/h3-8,11,19H,9-10H2,1-2H3. The maximum Gasteiger partial charge on any atom is 0.219 e. The van der Waals surface area contributed by atoms with Gasteiger partial charge in [0.05, 0.1) is 5.69 Å². The van der Waals surface area contributed by atoms with Crippen molar-refractivity contribution in [3.63, 3.8) is 0 Å². The highest BCUT2D eigenvalue weighted by molar-refractivity contribution is 5.28. The van der Waals surface area contributed by atoms with Crippen LogP contribution in [0.4, 0.5) is 8.78 Å². The minimum Gasteiger partial charge on any atom is -0.439 e. The predicted octanol–water partition coefficient (Wildman–Crippen LogP) is 3.90. The number of pyridine rings is 1. The molecule has 0 spiro atoms. The Hall–Kier alpha value is -2.01. The van der Waals surface area contributed by atoms with E-state index in [0.29, 0.717) is 18.3 Å². The van der Waals surface area contributed by atoms with Gasteiger partial charge < -0.3 is 10.1 Å². The fourth-order valence-electron chi connectivity index (χ4n) is 1.76. The Morgan fingerprint density at radius 1 is 1.14 bits per heavy atom. The van der Waals surface area contributed by atoms with Gasteiger partial charge >= 0.3 is 0 Å². The molecule has 0 fully saturated rings. The Balaban J connectivity index is 2.01. The summed E-state index contributed by atoms with van der Waals surface area (Å²) in [6.45, 7) is 5.79. The maximum absolute atomic E-state index is 13.1. The predicted molar refractivity (Wildman–Crippen MR) is 77.2 cm³/mol. The molecule has 0 saturated heterocycles. The van der Waals surface area contributed by atoms with Crippen molar-refractivity contribution in [1.29, 1.82) is 0 Å². The van der Waals surface area contributed by atoms with Crippen molar-refractivity contribution in [2.45, 2.75) is 20.4 Å². The number of halogens is 2. The van der Waals surface area contributed by atoms with Gasteiger partial charge in [0.1, 0.15) is 5.75 Å². The van der Waals surface area contributed by atoms with Gasteiger partial charge in [-0.15, -0.1) is 0 Å². The first-order chi connectivity index (χ1) is 10.0. The molecule has 3 nitrogen and oxygen atoms in total. The number of nitrogens with zero attached hydrogens (tertiary/aromatic N) is 1. The highest BCUT2D eigenvalue weighted by Gasteiger charge is 2.05. The molecular formula is C16H18F2N2O. The Morgan fingerprint density at radius 2 is 1.95 bits per heavy atom. The van der Waals surface area contributed by atoms with Crippen LogP contribution in [0.3, 0.4) is 0 Å². The molecule has 1 N–H and O–H groups in total. The highest BCUT2D eigenvalue weighted by atomic mass is 19.2. The van der Waals surface area contributed by atoms with Gasteiger partial charge in [-0.05, 0) is 30.7 Å². The van der Waals surface area contributed by atoms with Crippen LogP contribution in [0.1, 0.15) is 19.5 Å². The molecule has 2 aromatic rings. The first-order valence-corrected chi connectivity index (χ1v) is 6.84. The van der Waals surface area contributed by atoms with E-state index in [9.17, 15) is 8.78 Å². The van der Waals surface area contributed by atoms with E-state index < -0.39 is 11.6 Å². The van der Waals surface area contributed by atoms with Crippen LogP contribution >= 0.6 is 0 Å². The average Bonchev–Trinajstić information content (AvgIpc) is 2.43. The summed E-state index contributed by atoms with van der Waals surface area (Å²) in [4.78, 5) is 4.32. The molecule has 0 amide bonds. The van der Waals surface area contributed by atoms with Crippen molar-refractivity contribution in [3.05, 3.63) is 53.7 Å². The van der Waals surface area contributed by atoms with E-state index in [0.717, 1.165) is 24.4 Å². The van der Waals surface area contributed by atoms with Crippen LogP contribution in [0.15, 0.2) is 36.4 Å². The van der Waals surface area contributed by atoms with E-state index in [4.69, 9.17) is 4.74 Å². The number of hydrogen-bond donors (Lipinski definition) is 1. The zero-order valence-electron chi connectivity index (χ0n) is 12.1. The lowest BCUT2D eigenvalue weighted by molar-refractivity contribution is 0.444. The lowest BCUT2D eigenvalue weighted by Gasteiger charge is -2.09. The van der Waals surface area contributed by atoms with E-state index in [1.807, 2.05) is 12.1 Å². The van der Waals surface area contributed by atoms with Gasteiger partial charge in [-0.2, -0.15) is 0 Å². The second-order valence-electron chi connectivity index (χ2n) is 5.17. The van der Waals surface area contributed by atoms with Crippen molar-refractivity contribution in [1.82, 2.24) is 10.3 Å². The molecule has 112 valence electrons. The lowest BCUT2D eigenvalue weighted by atomic mass is 10.2. The summed E-state index contributed by atoms with van der Waals surface area (Å²) in [5.41, 5.74) is 0.829. The molecule has 1 aromatic carbocycles. The average molecular weight is 292 g/mol. The van der Waals surface area contributed by atoms with E-state index in [1.54, 1.807) is 6.07 Å². The molecule has 0 unspecified atom stereocenters. The summed E-state index contributed by atoms with van der Waals surface area (Å²) in [6.07, 6.45) is 0. The lowest BCUT2D eigenvalue weighted by Crippen LogP contribution is -2.19. The highest BCUT2D eigenvalue weighted by Crippen LogP contribution is 2.21. The van der Waals surface area contributed by atoms with Crippen LogP contribution < -0.4 is 10.1 Å². The van der Waals surface area contributed by atoms with Gasteiger partial charge in [-0.1, -0.05) is 19.9 Å². The van der Waals surface area contributed by atoms with Crippen molar-refractivity contribution < 1.29 is 13.5 Å². The van der Waals surface area contributed by atoms with Crippen LogP contribution in [0.25, 0.3) is 0 Å². The molecule has 0 aliphatic rings. The largest absolute Gasteiger partial charge is 0.439 e. The van der Waals surface area contributed by atoms with Gasteiger partial charge in [0.2, 0.25) is 5.88 Å². The zero-order chi connectivity index (χ0) is 15.2. The van der Waals surface area contributed by atoms with Crippen LogP contribution in [0, 0.1) is 17.6 Å². The molecule has 5 heteroatoms. The summed E-state index contributed by atoms with van der Waals surface area (Å²) in [6, 6.07) is 8.76. The van der Waals surface area contributed by atoms with Crippen molar-refractivity contribution >= 4 is 0 Å². The number of rotatable bonds is 6. The van der Waals surface area contributed by atoms with Crippen molar-refractivity contribution in [2.24, 2.45) is 5.92 Å². The van der Waals surface area contributed by atoms with Crippen LogP contribution in [-0.4, -0.2) is 11.5 Å². The fraction of sp³-hybridized carbons (Fsp3) is 0.312. The molecular weight excluding hydrogens is 274 g/mol. The first kappa shape index (κ1) is 15.4. The van der Waals surface area contributed by atoms with Gasteiger partial charge in [-0.3, -0.25) is 0 Å². The number of aromatic nitrogens is 1. The number of benzene rings is 1.